The molecular formula is C19H29N5O3. The molecule has 0 saturated carbocycles. The summed E-state index contributed by atoms with van der Waals surface area (Å²) in [6.45, 7) is 8.82. The number of carbonyl (C=O) groups excluding carboxylic acids is 2. The highest BCUT2D eigenvalue weighted by Crippen LogP contribution is 2.32. The third kappa shape index (κ3) is 3.42. The normalized spacial score (nSPS) is 26.6. The van der Waals surface area contributed by atoms with E-state index in [1.165, 1.54) is 0 Å². The number of aromatic nitrogens is 1. The molecule has 0 aromatic carbocycles. The van der Waals surface area contributed by atoms with E-state index in [1.54, 1.807) is 0 Å². The van der Waals surface area contributed by atoms with E-state index in [4.69, 9.17) is 4.52 Å². The van der Waals surface area contributed by atoms with Gasteiger partial charge in [-0.2, -0.15) is 0 Å². The summed E-state index contributed by atoms with van der Waals surface area (Å²) in [4.78, 5) is 34.2. The first-order valence-corrected chi connectivity index (χ1v) is 9.88. The fourth-order valence-electron chi connectivity index (χ4n) is 4.50. The van der Waals surface area contributed by atoms with Crippen LogP contribution in [0.2, 0.25) is 0 Å². The van der Waals surface area contributed by atoms with E-state index in [2.05, 4.69) is 17.1 Å². The molecule has 4 aliphatic heterocycles. The number of urea groups is 1. The SMILES string of the molecule is Cc1noc(C)c1CN1C(=O)[C@@H]2CC[C@H]1CN(C(=O)N1CCN(C)CC1)C2. The van der Waals surface area contributed by atoms with Crippen LogP contribution in [0, 0.1) is 19.8 Å². The monoisotopic (exact) mass is 375 g/mol. The van der Waals surface area contributed by atoms with Crippen molar-refractivity contribution < 1.29 is 14.1 Å². The van der Waals surface area contributed by atoms with Crippen LogP contribution in [0.3, 0.4) is 0 Å². The number of hydrogen-bond donors (Lipinski definition) is 0. The van der Waals surface area contributed by atoms with Crippen molar-refractivity contribution in [1.82, 2.24) is 24.8 Å². The van der Waals surface area contributed by atoms with Crippen LogP contribution in [0.4, 0.5) is 4.79 Å². The average Bonchev–Trinajstić information content (AvgIpc) is 2.83. The third-order valence-electron chi connectivity index (χ3n) is 6.35. The minimum atomic E-state index is -0.0966. The second-order valence-electron chi connectivity index (χ2n) is 8.17. The third-order valence-corrected chi connectivity index (χ3v) is 6.35. The number of amides is 3. The Labute approximate surface area is 160 Å². The Bertz CT molecular complexity index is 705. The van der Waals surface area contributed by atoms with Gasteiger partial charge in [-0.3, -0.25) is 4.79 Å². The fraction of sp³-hybridized carbons (Fsp3) is 0.737. The lowest BCUT2D eigenvalue weighted by Gasteiger charge is -2.37. The van der Waals surface area contributed by atoms with E-state index in [0.717, 1.165) is 56.0 Å². The van der Waals surface area contributed by atoms with Gasteiger partial charge in [0, 0.05) is 50.9 Å². The van der Waals surface area contributed by atoms with E-state index in [1.807, 2.05) is 28.5 Å². The number of piperidine rings is 1. The van der Waals surface area contributed by atoms with Gasteiger partial charge in [-0.1, -0.05) is 5.16 Å². The first-order chi connectivity index (χ1) is 12.9. The molecule has 4 aliphatic rings. The molecule has 5 rings (SSSR count). The molecule has 0 unspecified atom stereocenters. The highest BCUT2D eigenvalue weighted by molar-refractivity contribution is 5.83. The van der Waals surface area contributed by atoms with E-state index < -0.39 is 0 Å². The Morgan fingerprint density at radius 1 is 1.11 bits per heavy atom. The van der Waals surface area contributed by atoms with Crippen LogP contribution in [0.5, 0.6) is 0 Å². The summed E-state index contributed by atoms with van der Waals surface area (Å²) in [7, 11) is 2.08. The molecule has 0 spiro atoms. The van der Waals surface area contributed by atoms with E-state index >= 15 is 0 Å². The standard InChI is InChI=1S/C19H29N5O3/c1-13-17(14(2)27-20-13)12-24-16-5-4-15(18(24)25)10-23(11-16)19(26)22-8-6-21(3)7-9-22/h15-16H,4-12H2,1-3H3/t15-,16+/m1/s1. The summed E-state index contributed by atoms with van der Waals surface area (Å²) < 4.78 is 5.27. The Morgan fingerprint density at radius 3 is 2.52 bits per heavy atom. The first-order valence-electron chi connectivity index (χ1n) is 9.88. The van der Waals surface area contributed by atoms with Crippen LogP contribution in [0.15, 0.2) is 4.52 Å². The van der Waals surface area contributed by atoms with Gasteiger partial charge in [0.05, 0.1) is 18.2 Å². The van der Waals surface area contributed by atoms with Crippen LogP contribution < -0.4 is 0 Å². The van der Waals surface area contributed by atoms with Crippen molar-refractivity contribution >= 4 is 11.9 Å². The maximum absolute atomic E-state index is 13.1. The second kappa shape index (κ2) is 7.14. The van der Waals surface area contributed by atoms with Gasteiger partial charge < -0.3 is 24.1 Å². The van der Waals surface area contributed by atoms with Gasteiger partial charge in [0.15, 0.2) is 0 Å². The number of likely N-dealkylation sites (N-methyl/N-ethyl adjacent to an activating group) is 1. The summed E-state index contributed by atoms with van der Waals surface area (Å²) >= 11 is 0. The van der Waals surface area contributed by atoms with Gasteiger partial charge in [0.1, 0.15) is 5.76 Å². The van der Waals surface area contributed by atoms with Crippen molar-refractivity contribution in [3.8, 4) is 0 Å². The summed E-state index contributed by atoms with van der Waals surface area (Å²) in [6, 6.07) is 0.161. The topological polar surface area (TPSA) is 73.1 Å². The quantitative estimate of drug-likeness (QED) is 0.773. The molecule has 148 valence electrons. The Morgan fingerprint density at radius 2 is 1.85 bits per heavy atom. The van der Waals surface area contributed by atoms with Crippen molar-refractivity contribution in [1.29, 1.82) is 0 Å². The molecule has 4 fully saturated rings. The Balaban J connectivity index is 1.49. The highest BCUT2D eigenvalue weighted by Gasteiger charge is 2.43. The molecular weight excluding hydrogens is 346 g/mol. The zero-order valence-electron chi connectivity index (χ0n) is 16.5. The summed E-state index contributed by atoms with van der Waals surface area (Å²) in [5.41, 5.74) is 1.83. The predicted octanol–water partition coefficient (Wildman–Crippen LogP) is 1.08. The van der Waals surface area contributed by atoms with Crippen molar-refractivity contribution in [3.05, 3.63) is 17.0 Å². The summed E-state index contributed by atoms with van der Waals surface area (Å²) in [5.74, 6) is 0.839. The highest BCUT2D eigenvalue weighted by atomic mass is 16.5. The number of carbonyl (C=O) groups is 2. The van der Waals surface area contributed by atoms with E-state index in [-0.39, 0.29) is 23.9 Å². The molecule has 4 saturated heterocycles. The van der Waals surface area contributed by atoms with Gasteiger partial charge in [0.25, 0.3) is 0 Å². The maximum atomic E-state index is 13.1. The van der Waals surface area contributed by atoms with Crippen LogP contribution >= 0.6 is 0 Å². The molecule has 2 bridgehead atoms. The van der Waals surface area contributed by atoms with Crippen molar-refractivity contribution in [2.75, 3.05) is 46.3 Å². The predicted molar refractivity (Wildman–Crippen MR) is 99.1 cm³/mol. The molecule has 0 radical (unpaired) electrons. The lowest BCUT2D eigenvalue weighted by Crippen LogP contribution is -2.53. The number of fused-ring (bicyclic) bond motifs is 4. The minimum Gasteiger partial charge on any atom is -0.361 e. The van der Waals surface area contributed by atoms with Gasteiger partial charge in [-0.25, -0.2) is 4.79 Å². The van der Waals surface area contributed by atoms with Gasteiger partial charge >= 0.3 is 6.03 Å². The van der Waals surface area contributed by atoms with Crippen LogP contribution in [0.1, 0.15) is 29.9 Å². The molecule has 2 atom stereocenters. The van der Waals surface area contributed by atoms with Crippen LogP contribution in [-0.2, 0) is 11.3 Å². The molecule has 1 aromatic heterocycles. The molecule has 1 aromatic rings. The molecule has 8 nitrogen and oxygen atoms in total. The average molecular weight is 375 g/mol. The van der Waals surface area contributed by atoms with E-state index in [0.29, 0.717) is 19.6 Å². The van der Waals surface area contributed by atoms with E-state index in [9.17, 15) is 9.59 Å². The Hall–Kier alpha value is -2.09. The fourth-order valence-corrected chi connectivity index (χ4v) is 4.50. The van der Waals surface area contributed by atoms with Crippen LogP contribution in [0.25, 0.3) is 0 Å². The molecule has 27 heavy (non-hydrogen) atoms. The zero-order valence-corrected chi connectivity index (χ0v) is 16.5. The lowest BCUT2D eigenvalue weighted by atomic mass is 9.93. The van der Waals surface area contributed by atoms with Gasteiger partial charge in [0.2, 0.25) is 5.91 Å². The second-order valence-corrected chi connectivity index (χ2v) is 8.17. The lowest BCUT2D eigenvalue weighted by molar-refractivity contribution is -0.140. The number of rotatable bonds is 2. The van der Waals surface area contributed by atoms with Crippen molar-refractivity contribution in [3.63, 3.8) is 0 Å². The summed E-state index contributed by atoms with van der Waals surface area (Å²) in [6.07, 6.45) is 1.82. The molecule has 0 N–H and O–H groups in total. The smallest absolute Gasteiger partial charge is 0.320 e. The number of aryl methyl sites for hydroxylation is 2. The maximum Gasteiger partial charge on any atom is 0.320 e. The summed E-state index contributed by atoms with van der Waals surface area (Å²) in [5, 5.41) is 4.01. The largest absolute Gasteiger partial charge is 0.361 e. The molecule has 0 aliphatic carbocycles. The van der Waals surface area contributed by atoms with Crippen molar-refractivity contribution in [2.45, 2.75) is 39.3 Å². The first kappa shape index (κ1) is 18.3. The zero-order chi connectivity index (χ0) is 19.1. The molecule has 3 amide bonds. The minimum absolute atomic E-state index is 0.0707. The number of piperazine rings is 1. The number of hydrogen-bond acceptors (Lipinski definition) is 5. The number of nitrogens with zero attached hydrogens (tertiary/aromatic N) is 5. The van der Waals surface area contributed by atoms with Gasteiger partial charge in [-0.15, -0.1) is 0 Å². The van der Waals surface area contributed by atoms with Gasteiger partial charge in [-0.05, 0) is 33.7 Å². The molecule has 5 heterocycles. The Kier molecular flexibility index (Phi) is 4.84. The molecule has 8 heteroatoms. The van der Waals surface area contributed by atoms with Crippen LogP contribution in [-0.4, -0.2) is 89.1 Å². The van der Waals surface area contributed by atoms with Crippen molar-refractivity contribution in [2.24, 2.45) is 5.92 Å².